The van der Waals surface area contributed by atoms with Crippen LogP contribution in [0.5, 0.6) is 5.75 Å². The number of hydrogen-bond donors (Lipinski definition) is 1. The monoisotopic (exact) mass is 494 g/mol. The Hall–Kier alpha value is -4.15. The Labute approximate surface area is 215 Å². The van der Waals surface area contributed by atoms with Crippen LogP contribution < -0.4 is 10.1 Å². The highest BCUT2D eigenvalue weighted by molar-refractivity contribution is 8.00. The largest absolute Gasteiger partial charge is 0.497 e. The molecule has 0 aliphatic carbocycles. The van der Waals surface area contributed by atoms with Gasteiger partial charge in [0, 0.05) is 17.3 Å². The highest BCUT2D eigenvalue weighted by atomic mass is 32.2. The maximum Gasteiger partial charge on any atom is 0.239 e. The van der Waals surface area contributed by atoms with E-state index in [0.717, 1.165) is 33.7 Å². The number of nitrogens with zero attached hydrogens (tertiary/aromatic N) is 3. The lowest BCUT2D eigenvalue weighted by molar-refractivity contribution is -0.115. The molecule has 0 saturated heterocycles. The van der Waals surface area contributed by atoms with Gasteiger partial charge in [-0.15, -0.1) is 0 Å². The minimum atomic E-state index is -0.455. The molecule has 1 atom stereocenters. The molecule has 4 rings (SSSR count). The second-order valence-electron chi connectivity index (χ2n) is 8.16. The molecule has 1 unspecified atom stereocenters. The summed E-state index contributed by atoms with van der Waals surface area (Å²) in [6.07, 6.45) is 2.19. The van der Waals surface area contributed by atoms with E-state index < -0.39 is 5.25 Å². The Balaban J connectivity index is 1.77. The smallest absolute Gasteiger partial charge is 0.239 e. The number of thioether (sulfide) groups is 1. The highest BCUT2D eigenvalue weighted by Gasteiger charge is 2.23. The van der Waals surface area contributed by atoms with E-state index in [2.05, 4.69) is 16.4 Å². The highest BCUT2D eigenvalue weighted by Crippen LogP contribution is 2.37. The Morgan fingerprint density at radius 2 is 1.81 bits per heavy atom. The van der Waals surface area contributed by atoms with Gasteiger partial charge in [0.15, 0.2) is 0 Å². The number of carbonyl (C=O) groups excluding carboxylic acids is 1. The summed E-state index contributed by atoms with van der Waals surface area (Å²) in [4.78, 5) is 22.1. The van der Waals surface area contributed by atoms with E-state index in [0.29, 0.717) is 22.8 Å². The van der Waals surface area contributed by atoms with Gasteiger partial charge in [0.05, 0.1) is 23.6 Å². The van der Waals surface area contributed by atoms with Crippen molar-refractivity contribution in [1.82, 2.24) is 9.97 Å². The van der Waals surface area contributed by atoms with Crippen molar-refractivity contribution < 1.29 is 9.53 Å². The number of pyridine rings is 2. The fourth-order valence-corrected chi connectivity index (χ4v) is 4.71. The molecule has 36 heavy (non-hydrogen) atoms. The first-order valence-corrected chi connectivity index (χ1v) is 12.5. The van der Waals surface area contributed by atoms with Crippen LogP contribution in [-0.4, -0.2) is 28.2 Å². The van der Waals surface area contributed by atoms with E-state index >= 15 is 0 Å². The van der Waals surface area contributed by atoms with Crippen LogP contribution in [0.2, 0.25) is 0 Å². The van der Waals surface area contributed by atoms with Crippen LogP contribution in [-0.2, 0) is 4.79 Å². The van der Waals surface area contributed by atoms with E-state index in [4.69, 9.17) is 9.72 Å². The molecule has 0 aliphatic heterocycles. The lowest BCUT2D eigenvalue weighted by atomic mass is 9.98. The van der Waals surface area contributed by atoms with E-state index in [-0.39, 0.29) is 5.91 Å². The molecule has 0 aliphatic rings. The number of aromatic nitrogens is 2. The van der Waals surface area contributed by atoms with E-state index in [1.165, 1.54) is 11.8 Å². The first-order valence-electron chi connectivity index (χ1n) is 11.6. The molecule has 2 heterocycles. The van der Waals surface area contributed by atoms with Crippen molar-refractivity contribution in [3.63, 3.8) is 0 Å². The SMILES string of the molecule is CCC(Sc1nc(-c2ccc(OC)cc2)cc(-c2ccc(C)cc2)c1C#N)C(=O)Nc1ccccn1. The molecule has 1 N–H and O–H groups in total. The average Bonchev–Trinajstić information content (AvgIpc) is 2.92. The van der Waals surface area contributed by atoms with Crippen LogP contribution in [0, 0.1) is 18.3 Å². The third-order valence-electron chi connectivity index (χ3n) is 5.68. The number of amides is 1. The second-order valence-corrected chi connectivity index (χ2v) is 9.35. The summed E-state index contributed by atoms with van der Waals surface area (Å²) in [6, 6.07) is 25.3. The Bertz CT molecular complexity index is 1380. The number of nitriles is 1. The third-order valence-corrected chi connectivity index (χ3v) is 7.03. The quantitative estimate of drug-likeness (QED) is 0.281. The van der Waals surface area contributed by atoms with Gasteiger partial charge in [-0.05, 0) is 61.4 Å². The fraction of sp³-hybridized carbons (Fsp3) is 0.172. The van der Waals surface area contributed by atoms with E-state index in [9.17, 15) is 10.1 Å². The summed E-state index contributed by atoms with van der Waals surface area (Å²) in [5.41, 5.74) is 4.89. The van der Waals surface area contributed by atoms with Crippen molar-refractivity contribution in [1.29, 1.82) is 5.26 Å². The average molecular weight is 495 g/mol. The number of benzene rings is 2. The maximum atomic E-state index is 13.1. The lowest BCUT2D eigenvalue weighted by Crippen LogP contribution is -2.25. The molecular formula is C29H26N4O2S. The van der Waals surface area contributed by atoms with Gasteiger partial charge in [-0.2, -0.15) is 5.26 Å². The molecule has 2 aromatic carbocycles. The van der Waals surface area contributed by atoms with Crippen LogP contribution in [0.15, 0.2) is 84.0 Å². The number of methoxy groups -OCH3 is 1. The van der Waals surface area contributed by atoms with Crippen LogP contribution in [0.4, 0.5) is 5.82 Å². The van der Waals surface area contributed by atoms with Crippen molar-refractivity contribution in [3.8, 4) is 34.2 Å². The predicted molar refractivity (Wildman–Crippen MR) is 144 cm³/mol. The zero-order chi connectivity index (χ0) is 25.5. The molecular weight excluding hydrogens is 468 g/mol. The molecule has 7 heteroatoms. The van der Waals surface area contributed by atoms with Crippen molar-refractivity contribution in [2.75, 3.05) is 12.4 Å². The van der Waals surface area contributed by atoms with Gasteiger partial charge < -0.3 is 10.1 Å². The number of ether oxygens (including phenoxy) is 1. The molecule has 0 bridgehead atoms. The Kier molecular flexibility index (Phi) is 7.99. The summed E-state index contributed by atoms with van der Waals surface area (Å²) in [5, 5.41) is 13.1. The van der Waals surface area contributed by atoms with E-state index in [1.54, 1.807) is 25.4 Å². The van der Waals surface area contributed by atoms with Gasteiger partial charge in [0.2, 0.25) is 5.91 Å². The lowest BCUT2D eigenvalue weighted by Gasteiger charge is -2.17. The minimum Gasteiger partial charge on any atom is -0.497 e. The zero-order valence-corrected chi connectivity index (χ0v) is 21.2. The van der Waals surface area contributed by atoms with E-state index in [1.807, 2.05) is 74.5 Å². The molecule has 180 valence electrons. The summed E-state index contributed by atoms with van der Waals surface area (Å²) < 4.78 is 5.29. The second kappa shape index (κ2) is 11.5. The molecule has 0 saturated carbocycles. The molecule has 4 aromatic rings. The normalized spacial score (nSPS) is 11.4. The standard InChI is InChI=1S/C29H26N4O2S/c1-4-26(28(34)33-27-7-5-6-16-31-27)36-29-24(18-30)23(20-10-8-19(2)9-11-20)17-25(32-29)21-12-14-22(35-3)15-13-21/h5-17,26H,4H2,1-3H3,(H,31,33,34). The number of anilines is 1. The molecule has 0 spiro atoms. The Morgan fingerprint density at radius 3 is 2.42 bits per heavy atom. The van der Waals surface area contributed by atoms with Gasteiger partial charge in [0.25, 0.3) is 0 Å². The van der Waals surface area contributed by atoms with Crippen molar-refractivity contribution in [2.24, 2.45) is 0 Å². The predicted octanol–water partition coefficient (Wildman–Crippen LogP) is 6.51. The number of hydrogen-bond acceptors (Lipinski definition) is 6. The number of rotatable bonds is 8. The van der Waals surface area contributed by atoms with Crippen LogP contribution in [0.3, 0.4) is 0 Å². The first-order chi connectivity index (χ1) is 17.5. The summed E-state index contributed by atoms with van der Waals surface area (Å²) in [7, 11) is 1.63. The van der Waals surface area contributed by atoms with Gasteiger partial charge in [-0.25, -0.2) is 9.97 Å². The maximum absolute atomic E-state index is 13.1. The minimum absolute atomic E-state index is 0.182. The van der Waals surface area contributed by atoms with Crippen LogP contribution in [0.25, 0.3) is 22.4 Å². The topological polar surface area (TPSA) is 87.9 Å². The molecule has 0 fully saturated rings. The summed E-state index contributed by atoms with van der Waals surface area (Å²) in [6.45, 7) is 3.97. The van der Waals surface area contributed by atoms with Crippen LogP contribution >= 0.6 is 11.8 Å². The van der Waals surface area contributed by atoms with Gasteiger partial charge in [0.1, 0.15) is 22.7 Å². The molecule has 1 amide bonds. The fourth-order valence-electron chi connectivity index (χ4n) is 3.69. The Morgan fingerprint density at radius 1 is 1.08 bits per heavy atom. The molecule has 2 aromatic heterocycles. The molecule has 0 radical (unpaired) electrons. The summed E-state index contributed by atoms with van der Waals surface area (Å²) >= 11 is 1.30. The number of carbonyl (C=O) groups is 1. The molecule has 6 nitrogen and oxygen atoms in total. The van der Waals surface area contributed by atoms with Crippen molar-refractivity contribution >= 4 is 23.5 Å². The number of aryl methyl sites for hydroxylation is 1. The third kappa shape index (κ3) is 5.73. The van der Waals surface area contributed by atoms with Gasteiger partial charge >= 0.3 is 0 Å². The van der Waals surface area contributed by atoms with Gasteiger partial charge in [-0.1, -0.05) is 54.6 Å². The summed E-state index contributed by atoms with van der Waals surface area (Å²) in [5.74, 6) is 1.05. The van der Waals surface area contributed by atoms with Crippen molar-refractivity contribution in [2.45, 2.75) is 30.5 Å². The zero-order valence-electron chi connectivity index (χ0n) is 20.4. The van der Waals surface area contributed by atoms with Crippen LogP contribution in [0.1, 0.15) is 24.5 Å². The van der Waals surface area contributed by atoms with Gasteiger partial charge in [-0.3, -0.25) is 4.79 Å². The first kappa shape index (κ1) is 25.0. The van der Waals surface area contributed by atoms with Crippen molar-refractivity contribution in [3.05, 3.63) is 90.1 Å². The number of nitrogens with one attached hydrogen (secondary N) is 1.